The quantitative estimate of drug-likeness (QED) is 0.521. The van der Waals surface area contributed by atoms with Crippen molar-refractivity contribution in [1.29, 1.82) is 0 Å². The van der Waals surface area contributed by atoms with E-state index < -0.39 is 17.7 Å². The summed E-state index contributed by atoms with van der Waals surface area (Å²) in [5.74, 6) is -0.986. The molecular formula is C17H23F3O3. The molecule has 3 nitrogen and oxygen atoms in total. The average molecular weight is 332 g/mol. The van der Waals surface area contributed by atoms with Gasteiger partial charge in [-0.2, -0.15) is 13.2 Å². The van der Waals surface area contributed by atoms with Crippen LogP contribution in [0.5, 0.6) is 0 Å². The molecule has 1 aromatic carbocycles. The first-order chi connectivity index (χ1) is 10.8. The third kappa shape index (κ3) is 4.47. The van der Waals surface area contributed by atoms with Crippen LogP contribution in [0.3, 0.4) is 0 Å². The Morgan fingerprint density at radius 2 is 1.83 bits per heavy atom. The molecule has 0 heterocycles. The summed E-state index contributed by atoms with van der Waals surface area (Å²) in [6, 6.07) is 6.82. The number of ether oxygens (including phenoxy) is 2. The first kappa shape index (κ1) is 19.5. The Morgan fingerprint density at radius 3 is 2.30 bits per heavy atom. The smallest absolute Gasteiger partial charge is 0.432 e. The van der Waals surface area contributed by atoms with Crippen LogP contribution < -0.4 is 0 Å². The Labute approximate surface area is 134 Å². The lowest BCUT2D eigenvalue weighted by Gasteiger charge is -2.32. The largest absolute Gasteiger partial charge is 0.463 e. The zero-order chi connectivity index (χ0) is 17.5. The van der Waals surface area contributed by atoms with Gasteiger partial charge in [0.25, 0.3) is 5.60 Å². The lowest BCUT2D eigenvalue weighted by atomic mass is 9.92. The summed E-state index contributed by atoms with van der Waals surface area (Å²) in [5.41, 5.74) is -3.38. The van der Waals surface area contributed by atoms with Crippen molar-refractivity contribution in [2.24, 2.45) is 5.92 Å². The van der Waals surface area contributed by atoms with Crippen LogP contribution in [0, 0.1) is 5.92 Å². The van der Waals surface area contributed by atoms with Crippen molar-refractivity contribution >= 4 is 5.97 Å². The molecule has 2 atom stereocenters. The molecule has 1 rings (SSSR count). The molecule has 23 heavy (non-hydrogen) atoms. The monoisotopic (exact) mass is 332 g/mol. The predicted octanol–water partition coefficient (Wildman–Crippen LogP) is 4.46. The molecule has 1 aromatic rings. The van der Waals surface area contributed by atoms with Crippen LogP contribution in [-0.4, -0.2) is 25.9 Å². The van der Waals surface area contributed by atoms with Crippen molar-refractivity contribution in [1.82, 2.24) is 0 Å². The Balaban J connectivity index is 2.91. The normalized spacial score (nSPS) is 15.7. The lowest BCUT2D eigenvalue weighted by Crippen LogP contribution is -2.51. The second-order valence-electron chi connectivity index (χ2n) is 5.54. The molecular weight excluding hydrogens is 309 g/mol. The maximum Gasteiger partial charge on any atom is 0.432 e. The van der Waals surface area contributed by atoms with Gasteiger partial charge in [0.05, 0.1) is 6.61 Å². The summed E-state index contributed by atoms with van der Waals surface area (Å²) < 4.78 is 50.3. The first-order valence-corrected chi connectivity index (χ1v) is 7.64. The fraction of sp³-hybridized carbons (Fsp3) is 0.588. The number of methoxy groups -OCH3 is 1. The molecule has 0 aliphatic carbocycles. The van der Waals surface area contributed by atoms with Gasteiger partial charge in [-0.15, -0.1) is 0 Å². The summed E-state index contributed by atoms with van der Waals surface area (Å²) in [4.78, 5) is 12.2. The molecule has 0 aliphatic heterocycles. The number of carbonyl (C=O) groups excluding carboxylic acids is 1. The van der Waals surface area contributed by atoms with Gasteiger partial charge < -0.3 is 9.47 Å². The second kappa shape index (κ2) is 8.34. The highest BCUT2D eigenvalue weighted by molar-refractivity contribution is 5.82. The zero-order valence-electron chi connectivity index (χ0n) is 13.7. The minimum atomic E-state index is -4.92. The zero-order valence-corrected chi connectivity index (χ0v) is 13.7. The molecule has 130 valence electrons. The van der Waals surface area contributed by atoms with Gasteiger partial charge in [0, 0.05) is 12.7 Å². The van der Waals surface area contributed by atoms with Gasteiger partial charge in [-0.25, -0.2) is 4.79 Å². The van der Waals surface area contributed by atoms with Gasteiger partial charge in [-0.1, -0.05) is 50.6 Å². The number of carbonyl (C=O) groups is 1. The molecule has 6 heteroatoms. The highest BCUT2D eigenvalue weighted by Gasteiger charge is 2.64. The minimum Gasteiger partial charge on any atom is -0.463 e. The number of benzene rings is 1. The van der Waals surface area contributed by atoms with Crippen molar-refractivity contribution in [3.63, 3.8) is 0 Å². The van der Waals surface area contributed by atoms with E-state index in [4.69, 9.17) is 4.74 Å². The van der Waals surface area contributed by atoms with Crippen molar-refractivity contribution in [3.8, 4) is 0 Å². The van der Waals surface area contributed by atoms with Crippen molar-refractivity contribution in [3.05, 3.63) is 35.9 Å². The molecule has 0 saturated heterocycles. The third-order valence-corrected chi connectivity index (χ3v) is 3.94. The van der Waals surface area contributed by atoms with Crippen LogP contribution in [-0.2, 0) is 19.9 Å². The van der Waals surface area contributed by atoms with E-state index in [1.54, 1.807) is 6.07 Å². The molecule has 0 radical (unpaired) electrons. The topological polar surface area (TPSA) is 35.5 Å². The lowest BCUT2D eigenvalue weighted by molar-refractivity contribution is -0.276. The van der Waals surface area contributed by atoms with Gasteiger partial charge in [-0.05, 0) is 18.8 Å². The SMILES string of the molecule is CC[C@H](C)CCCOC(=O)[C@](OC)(c1ccccc1)C(F)(F)F. The van der Waals surface area contributed by atoms with Crippen LogP contribution in [0.1, 0.15) is 38.7 Å². The number of hydrogen-bond donors (Lipinski definition) is 0. The van der Waals surface area contributed by atoms with Crippen molar-refractivity contribution in [2.75, 3.05) is 13.7 Å². The number of halogens is 3. The van der Waals surface area contributed by atoms with Crippen LogP contribution in [0.2, 0.25) is 0 Å². The molecule has 0 fully saturated rings. The summed E-state index contributed by atoms with van der Waals surface area (Å²) in [6.07, 6.45) is -2.63. The van der Waals surface area contributed by atoms with Gasteiger partial charge in [0.2, 0.25) is 0 Å². The van der Waals surface area contributed by atoms with Crippen LogP contribution in [0.15, 0.2) is 30.3 Å². The fourth-order valence-electron chi connectivity index (χ4n) is 2.29. The molecule has 0 spiro atoms. The Kier molecular flexibility index (Phi) is 7.06. The van der Waals surface area contributed by atoms with E-state index in [1.807, 2.05) is 13.8 Å². The van der Waals surface area contributed by atoms with E-state index >= 15 is 0 Å². The van der Waals surface area contributed by atoms with E-state index in [0.717, 1.165) is 20.0 Å². The summed E-state index contributed by atoms with van der Waals surface area (Å²) in [6.45, 7) is 4.02. The van der Waals surface area contributed by atoms with Crippen LogP contribution in [0.4, 0.5) is 13.2 Å². The number of esters is 1. The maximum absolute atomic E-state index is 13.6. The van der Waals surface area contributed by atoms with E-state index in [0.29, 0.717) is 12.3 Å². The van der Waals surface area contributed by atoms with E-state index in [2.05, 4.69) is 4.74 Å². The standard InChI is InChI=1S/C17H23F3O3/c1-4-13(2)9-8-12-23-15(21)16(22-3,17(18,19)20)14-10-6-5-7-11-14/h5-7,10-11,13H,4,8-9,12H2,1-3H3/t13-,16+/m0/s1. The number of hydrogen-bond acceptors (Lipinski definition) is 3. The predicted molar refractivity (Wildman–Crippen MR) is 80.8 cm³/mol. The van der Waals surface area contributed by atoms with E-state index in [9.17, 15) is 18.0 Å². The molecule has 0 amide bonds. The summed E-state index contributed by atoms with van der Waals surface area (Å²) >= 11 is 0. The second-order valence-corrected chi connectivity index (χ2v) is 5.54. The molecule has 0 aliphatic rings. The molecule has 0 bridgehead atoms. The Morgan fingerprint density at radius 1 is 1.22 bits per heavy atom. The molecule has 0 aromatic heterocycles. The average Bonchev–Trinajstić information content (AvgIpc) is 2.52. The van der Waals surface area contributed by atoms with E-state index in [1.165, 1.54) is 24.3 Å². The minimum absolute atomic E-state index is 0.0583. The molecule has 0 N–H and O–H groups in total. The Hall–Kier alpha value is -1.56. The van der Waals surface area contributed by atoms with E-state index in [-0.39, 0.29) is 12.2 Å². The van der Waals surface area contributed by atoms with Gasteiger partial charge >= 0.3 is 12.1 Å². The highest BCUT2D eigenvalue weighted by Crippen LogP contribution is 2.42. The molecule has 0 unspecified atom stereocenters. The summed E-state index contributed by atoms with van der Waals surface area (Å²) in [7, 11) is 0.862. The summed E-state index contributed by atoms with van der Waals surface area (Å²) in [5, 5.41) is 0. The van der Waals surface area contributed by atoms with Crippen molar-refractivity contribution in [2.45, 2.75) is 44.9 Å². The number of rotatable bonds is 8. The van der Waals surface area contributed by atoms with Crippen LogP contribution >= 0.6 is 0 Å². The first-order valence-electron chi connectivity index (χ1n) is 7.64. The fourth-order valence-corrected chi connectivity index (χ4v) is 2.29. The third-order valence-electron chi connectivity index (χ3n) is 3.94. The van der Waals surface area contributed by atoms with Gasteiger partial charge in [-0.3, -0.25) is 0 Å². The van der Waals surface area contributed by atoms with Gasteiger partial charge in [0.1, 0.15) is 0 Å². The Bertz CT molecular complexity index is 488. The van der Waals surface area contributed by atoms with Gasteiger partial charge in [0.15, 0.2) is 0 Å². The molecule has 0 saturated carbocycles. The number of alkyl halides is 3. The maximum atomic E-state index is 13.6. The van der Waals surface area contributed by atoms with Crippen LogP contribution in [0.25, 0.3) is 0 Å². The highest BCUT2D eigenvalue weighted by atomic mass is 19.4. The van der Waals surface area contributed by atoms with Crippen molar-refractivity contribution < 1.29 is 27.4 Å².